The molecule has 1 aliphatic heterocycles. The molecule has 2 atom stereocenters. The zero-order valence-corrected chi connectivity index (χ0v) is 15.6. The van der Waals surface area contributed by atoms with Gasteiger partial charge < -0.3 is 16.0 Å². The molecule has 1 fully saturated rings. The van der Waals surface area contributed by atoms with Crippen LogP contribution in [-0.2, 0) is 9.59 Å². The summed E-state index contributed by atoms with van der Waals surface area (Å²) in [5.74, 6) is -2.21. The SMILES string of the molecule is CCCNC(=O)CCC(=O)NC1CNCCC1c1ccc(F)c(F)c1.Cl. The summed E-state index contributed by atoms with van der Waals surface area (Å²) in [7, 11) is 0. The molecule has 0 spiro atoms. The Balaban J connectivity index is 0.00000338. The maximum atomic E-state index is 13.5. The molecule has 1 aliphatic rings. The molecule has 0 saturated carbocycles. The lowest BCUT2D eigenvalue weighted by Crippen LogP contribution is -2.50. The van der Waals surface area contributed by atoms with Crippen LogP contribution in [0.5, 0.6) is 0 Å². The van der Waals surface area contributed by atoms with Crippen molar-refractivity contribution in [3.05, 3.63) is 35.4 Å². The van der Waals surface area contributed by atoms with Gasteiger partial charge >= 0.3 is 0 Å². The average Bonchev–Trinajstić information content (AvgIpc) is 2.61. The van der Waals surface area contributed by atoms with Crippen molar-refractivity contribution in [2.24, 2.45) is 0 Å². The van der Waals surface area contributed by atoms with Crippen molar-refractivity contribution in [1.82, 2.24) is 16.0 Å². The summed E-state index contributed by atoms with van der Waals surface area (Å²) in [6.45, 7) is 3.86. The Labute approximate surface area is 158 Å². The molecule has 0 radical (unpaired) electrons. The standard InChI is InChI=1S/C18H25F2N3O2.ClH/c1-2-8-22-17(24)5-6-18(25)23-16-11-21-9-7-13(16)12-3-4-14(19)15(20)10-12;/h3-4,10,13,16,21H,2,5-9,11H2,1H3,(H,22,24)(H,23,25);1H. The number of hydrogen-bond acceptors (Lipinski definition) is 3. The summed E-state index contributed by atoms with van der Waals surface area (Å²) < 4.78 is 26.7. The fourth-order valence-corrected chi connectivity index (χ4v) is 3.01. The first-order chi connectivity index (χ1) is 12.0. The number of carbonyl (C=O) groups excluding carboxylic acids is 2. The van der Waals surface area contributed by atoms with Crippen LogP contribution in [0.2, 0.25) is 0 Å². The van der Waals surface area contributed by atoms with Crippen LogP contribution in [0.25, 0.3) is 0 Å². The van der Waals surface area contributed by atoms with Gasteiger partial charge in [0, 0.05) is 37.9 Å². The molecule has 0 aromatic heterocycles. The lowest BCUT2D eigenvalue weighted by molar-refractivity contribution is -0.126. The Morgan fingerprint density at radius 2 is 1.92 bits per heavy atom. The average molecular weight is 390 g/mol. The van der Waals surface area contributed by atoms with Gasteiger partial charge in [0.15, 0.2) is 11.6 Å². The molecule has 1 saturated heterocycles. The lowest BCUT2D eigenvalue weighted by atomic mass is 9.86. The van der Waals surface area contributed by atoms with Gasteiger partial charge in [-0.05, 0) is 37.1 Å². The smallest absolute Gasteiger partial charge is 0.220 e. The van der Waals surface area contributed by atoms with Crippen molar-refractivity contribution in [2.45, 2.75) is 44.6 Å². The zero-order valence-electron chi connectivity index (χ0n) is 14.8. The number of halogens is 3. The van der Waals surface area contributed by atoms with E-state index in [1.165, 1.54) is 6.07 Å². The van der Waals surface area contributed by atoms with Gasteiger partial charge in [0.25, 0.3) is 0 Å². The van der Waals surface area contributed by atoms with Crippen LogP contribution in [0.3, 0.4) is 0 Å². The summed E-state index contributed by atoms with van der Waals surface area (Å²) in [5, 5.41) is 8.84. The number of hydrogen-bond donors (Lipinski definition) is 3. The van der Waals surface area contributed by atoms with E-state index < -0.39 is 11.6 Å². The third-order valence-electron chi connectivity index (χ3n) is 4.35. The van der Waals surface area contributed by atoms with Gasteiger partial charge in [0.05, 0.1) is 0 Å². The van der Waals surface area contributed by atoms with Gasteiger partial charge in [0.2, 0.25) is 11.8 Å². The second-order valence-electron chi connectivity index (χ2n) is 6.30. The number of nitrogens with one attached hydrogen (secondary N) is 3. The molecule has 0 bridgehead atoms. The number of benzene rings is 1. The van der Waals surface area contributed by atoms with E-state index in [4.69, 9.17) is 0 Å². The fraction of sp³-hybridized carbons (Fsp3) is 0.556. The minimum absolute atomic E-state index is 0. The van der Waals surface area contributed by atoms with E-state index in [1.807, 2.05) is 6.92 Å². The van der Waals surface area contributed by atoms with Crippen LogP contribution in [0.1, 0.15) is 44.1 Å². The van der Waals surface area contributed by atoms with Crippen LogP contribution in [0.15, 0.2) is 18.2 Å². The molecule has 1 aromatic rings. The van der Waals surface area contributed by atoms with Crippen LogP contribution in [0, 0.1) is 11.6 Å². The molecule has 0 aliphatic carbocycles. The first kappa shape index (κ1) is 22.3. The highest BCUT2D eigenvalue weighted by molar-refractivity contribution is 5.85. The van der Waals surface area contributed by atoms with E-state index in [1.54, 1.807) is 6.07 Å². The maximum Gasteiger partial charge on any atom is 0.220 e. The Morgan fingerprint density at radius 3 is 2.62 bits per heavy atom. The summed E-state index contributed by atoms with van der Waals surface area (Å²) in [6, 6.07) is 3.66. The highest BCUT2D eigenvalue weighted by Gasteiger charge is 2.28. The summed E-state index contributed by atoms with van der Waals surface area (Å²) in [5.41, 5.74) is 0.673. The summed E-state index contributed by atoms with van der Waals surface area (Å²) >= 11 is 0. The van der Waals surface area contributed by atoms with Gasteiger partial charge in [-0.25, -0.2) is 8.78 Å². The maximum absolute atomic E-state index is 13.5. The molecule has 3 N–H and O–H groups in total. The van der Waals surface area contributed by atoms with Crippen LogP contribution < -0.4 is 16.0 Å². The van der Waals surface area contributed by atoms with Crippen molar-refractivity contribution in [2.75, 3.05) is 19.6 Å². The fourth-order valence-electron chi connectivity index (χ4n) is 3.01. The Kier molecular flexibility index (Phi) is 9.51. The van der Waals surface area contributed by atoms with Crippen LogP contribution >= 0.6 is 12.4 Å². The van der Waals surface area contributed by atoms with E-state index in [0.29, 0.717) is 25.1 Å². The Hall–Kier alpha value is -1.73. The largest absolute Gasteiger partial charge is 0.356 e. The predicted octanol–water partition coefficient (Wildman–Crippen LogP) is 2.25. The van der Waals surface area contributed by atoms with E-state index in [-0.39, 0.29) is 49.0 Å². The zero-order chi connectivity index (χ0) is 18.2. The topological polar surface area (TPSA) is 70.2 Å². The molecule has 5 nitrogen and oxygen atoms in total. The van der Waals surface area contributed by atoms with E-state index in [2.05, 4.69) is 16.0 Å². The molecular formula is C18H26ClF2N3O2. The highest BCUT2D eigenvalue weighted by Crippen LogP contribution is 2.27. The second-order valence-corrected chi connectivity index (χ2v) is 6.30. The van der Waals surface area contributed by atoms with Gasteiger partial charge in [-0.2, -0.15) is 0 Å². The van der Waals surface area contributed by atoms with Gasteiger partial charge in [0.1, 0.15) is 0 Å². The van der Waals surface area contributed by atoms with Crippen molar-refractivity contribution in [3.63, 3.8) is 0 Å². The molecule has 8 heteroatoms. The molecule has 2 unspecified atom stereocenters. The molecular weight excluding hydrogens is 364 g/mol. The first-order valence-corrected chi connectivity index (χ1v) is 8.73. The van der Waals surface area contributed by atoms with Gasteiger partial charge in [-0.1, -0.05) is 13.0 Å². The van der Waals surface area contributed by atoms with Crippen LogP contribution in [-0.4, -0.2) is 37.5 Å². The van der Waals surface area contributed by atoms with Gasteiger partial charge in [-0.3, -0.25) is 9.59 Å². The summed E-state index contributed by atoms with van der Waals surface area (Å²) in [4.78, 5) is 23.7. The molecule has 2 rings (SSSR count). The number of carbonyl (C=O) groups is 2. The van der Waals surface area contributed by atoms with Gasteiger partial charge in [-0.15, -0.1) is 12.4 Å². The van der Waals surface area contributed by atoms with Crippen molar-refractivity contribution in [3.8, 4) is 0 Å². The minimum Gasteiger partial charge on any atom is -0.356 e. The second kappa shape index (κ2) is 11.1. The number of rotatable bonds is 7. The molecule has 146 valence electrons. The van der Waals surface area contributed by atoms with Crippen molar-refractivity contribution < 1.29 is 18.4 Å². The quantitative estimate of drug-likeness (QED) is 0.670. The Morgan fingerprint density at radius 1 is 1.19 bits per heavy atom. The molecule has 1 aromatic carbocycles. The third kappa shape index (κ3) is 6.53. The van der Waals surface area contributed by atoms with E-state index >= 15 is 0 Å². The number of amides is 2. The monoisotopic (exact) mass is 389 g/mol. The number of piperidine rings is 1. The lowest BCUT2D eigenvalue weighted by Gasteiger charge is -2.33. The minimum atomic E-state index is -0.881. The van der Waals surface area contributed by atoms with Crippen molar-refractivity contribution in [1.29, 1.82) is 0 Å². The van der Waals surface area contributed by atoms with Crippen LogP contribution in [0.4, 0.5) is 8.78 Å². The first-order valence-electron chi connectivity index (χ1n) is 8.73. The molecule has 26 heavy (non-hydrogen) atoms. The third-order valence-corrected chi connectivity index (χ3v) is 4.35. The highest BCUT2D eigenvalue weighted by atomic mass is 35.5. The predicted molar refractivity (Wildman–Crippen MR) is 98.3 cm³/mol. The summed E-state index contributed by atoms with van der Waals surface area (Å²) in [6.07, 6.45) is 1.81. The molecule has 1 heterocycles. The van der Waals surface area contributed by atoms with Crippen molar-refractivity contribution >= 4 is 24.2 Å². The van der Waals surface area contributed by atoms with E-state index in [9.17, 15) is 18.4 Å². The Bertz CT molecular complexity index is 616. The molecule has 2 amide bonds. The normalized spacial score (nSPS) is 19.3. The van der Waals surface area contributed by atoms with E-state index in [0.717, 1.165) is 19.0 Å².